The average Bonchev–Trinajstić information content (AvgIpc) is 1.59. The quantitative estimate of drug-likeness (QED) is 0.455. The maximum Gasteiger partial charge on any atom is 0.358 e. The minimum absolute atomic E-state index is 0.0357. The zero-order chi connectivity index (χ0) is 8.58. The van der Waals surface area contributed by atoms with Gasteiger partial charge in [-0.05, 0) is 11.6 Å². The van der Waals surface area contributed by atoms with E-state index in [1.54, 1.807) is 0 Å². The van der Waals surface area contributed by atoms with E-state index >= 15 is 0 Å². The SMILES string of the molecule is CC(F)(F)C(F)C(F)(F)Cl. The first-order valence-corrected chi connectivity index (χ1v) is 2.62. The molecule has 6 heteroatoms. The second kappa shape index (κ2) is 2.53. The van der Waals surface area contributed by atoms with Crippen molar-refractivity contribution in [1.29, 1.82) is 0 Å². The monoisotopic (exact) mass is 182 g/mol. The van der Waals surface area contributed by atoms with Crippen molar-refractivity contribution < 1.29 is 22.0 Å². The number of halogens is 6. The Morgan fingerprint density at radius 1 is 1.20 bits per heavy atom. The molecular weight excluding hydrogens is 178 g/mol. The summed E-state index contributed by atoms with van der Waals surface area (Å²) in [7, 11) is 0. The molecule has 1 atom stereocenters. The Morgan fingerprint density at radius 2 is 1.50 bits per heavy atom. The van der Waals surface area contributed by atoms with Crippen LogP contribution in [0.5, 0.6) is 0 Å². The summed E-state index contributed by atoms with van der Waals surface area (Å²) in [5.41, 5.74) is 0. The molecule has 0 fully saturated rings. The highest BCUT2D eigenvalue weighted by Gasteiger charge is 2.51. The molecular formula is C4H4ClF5. The Hall–Kier alpha value is -0.0600. The van der Waals surface area contributed by atoms with E-state index in [0.717, 1.165) is 0 Å². The van der Waals surface area contributed by atoms with Crippen LogP contribution < -0.4 is 0 Å². The maximum atomic E-state index is 11.8. The highest BCUT2D eigenvalue weighted by Crippen LogP contribution is 2.35. The molecule has 0 aromatic heterocycles. The van der Waals surface area contributed by atoms with Crippen LogP contribution in [-0.4, -0.2) is 17.5 Å². The molecule has 0 aliphatic rings. The predicted octanol–water partition coefficient (Wildman–Crippen LogP) is 2.81. The summed E-state index contributed by atoms with van der Waals surface area (Å²) < 4.78 is 58.2. The first-order chi connectivity index (χ1) is 4.15. The first kappa shape index (κ1) is 9.94. The smallest absolute Gasteiger partial charge is 0.233 e. The third-order valence-electron chi connectivity index (χ3n) is 0.732. The molecule has 10 heavy (non-hydrogen) atoms. The molecule has 0 bridgehead atoms. The highest BCUT2D eigenvalue weighted by molar-refractivity contribution is 6.22. The van der Waals surface area contributed by atoms with Gasteiger partial charge in [-0.3, -0.25) is 0 Å². The molecule has 0 N–H and O–H groups in total. The van der Waals surface area contributed by atoms with Gasteiger partial charge >= 0.3 is 5.38 Å². The number of hydrogen-bond acceptors (Lipinski definition) is 0. The fraction of sp³-hybridized carbons (Fsp3) is 1.00. The molecule has 0 aliphatic heterocycles. The van der Waals surface area contributed by atoms with Crippen LogP contribution in [0.4, 0.5) is 22.0 Å². The Bertz CT molecular complexity index is 97.8. The third-order valence-corrected chi connectivity index (χ3v) is 0.924. The van der Waals surface area contributed by atoms with E-state index in [-0.39, 0.29) is 6.92 Å². The second-order valence-electron chi connectivity index (χ2n) is 1.86. The fourth-order valence-corrected chi connectivity index (χ4v) is 0.479. The van der Waals surface area contributed by atoms with E-state index in [2.05, 4.69) is 11.6 Å². The van der Waals surface area contributed by atoms with Gasteiger partial charge in [0.25, 0.3) is 5.92 Å². The lowest BCUT2D eigenvalue weighted by Gasteiger charge is -2.19. The normalized spacial score (nSPS) is 17.1. The van der Waals surface area contributed by atoms with Crippen LogP contribution in [0.2, 0.25) is 0 Å². The van der Waals surface area contributed by atoms with E-state index in [0.29, 0.717) is 0 Å². The molecule has 0 spiro atoms. The molecule has 0 aliphatic carbocycles. The van der Waals surface area contributed by atoms with E-state index in [4.69, 9.17) is 0 Å². The van der Waals surface area contributed by atoms with Gasteiger partial charge in [0.05, 0.1) is 0 Å². The molecule has 1 unspecified atom stereocenters. The largest absolute Gasteiger partial charge is 0.358 e. The lowest BCUT2D eigenvalue weighted by Crippen LogP contribution is -2.38. The molecule has 0 saturated heterocycles. The molecule has 0 aromatic rings. The standard InChI is InChI=1S/C4H4ClF5/c1-3(7,8)2(6)4(5,9)10/h2H,1H3. The van der Waals surface area contributed by atoms with Gasteiger partial charge in [0.1, 0.15) is 0 Å². The third kappa shape index (κ3) is 2.68. The molecule has 0 aromatic carbocycles. The van der Waals surface area contributed by atoms with Crippen molar-refractivity contribution in [3.05, 3.63) is 0 Å². The summed E-state index contributed by atoms with van der Waals surface area (Å²) in [5.74, 6) is -4.11. The first-order valence-electron chi connectivity index (χ1n) is 2.24. The second-order valence-corrected chi connectivity index (χ2v) is 2.36. The Balaban J connectivity index is 4.23. The van der Waals surface area contributed by atoms with Gasteiger partial charge in [-0.25, -0.2) is 13.2 Å². The van der Waals surface area contributed by atoms with Crippen molar-refractivity contribution in [3.63, 3.8) is 0 Å². The van der Waals surface area contributed by atoms with Gasteiger partial charge in [-0.1, -0.05) is 0 Å². The Morgan fingerprint density at radius 3 is 1.50 bits per heavy atom. The van der Waals surface area contributed by atoms with Gasteiger partial charge in [-0.15, -0.1) is 0 Å². The van der Waals surface area contributed by atoms with Crippen LogP contribution in [0.25, 0.3) is 0 Å². The topological polar surface area (TPSA) is 0 Å². The van der Waals surface area contributed by atoms with E-state index < -0.39 is 17.5 Å². The van der Waals surface area contributed by atoms with Crippen molar-refractivity contribution >= 4 is 11.6 Å². The van der Waals surface area contributed by atoms with Crippen LogP contribution in [0, 0.1) is 0 Å². The van der Waals surface area contributed by atoms with Gasteiger partial charge < -0.3 is 0 Å². The van der Waals surface area contributed by atoms with Gasteiger partial charge in [0, 0.05) is 6.92 Å². The van der Waals surface area contributed by atoms with E-state index in [1.807, 2.05) is 0 Å². The van der Waals surface area contributed by atoms with Gasteiger partial charge in [0.2, 0.25) is 6.17 Å². The van der Waals surface area contributed by atoms with Crippen molar-refractivity contribution in [3.8, 4) is 0 Å². The highest BCUT2D eigenvalue weighted by atomic mass is 35.5. The number of alkyl halides is 6. The average molecular weight is 183 g/mol. The fourth-order valence-electron chi connectivity index (χ4n) is 0.287. The van der Waals surface area contributed by atoms with Crippen molar-refractivity contribution in [2.75, 3.05) is 0 Å². The summed E-state index contributed by atoms with van der Waals surface area (Å²) in [6.07, 6.45) is -3.64. The lowest BCUT2D eigenvalue weighted by molar-refractivity contribution is -0.133. The Labute approximate surface area is 59.0 Å². The molecule has 0 nitrogen and oxygen atoms in total. The zero-order valence-corrected chi connectivity index (χ0v) is 5.60. The van der Waals surface area contributed by atoms with Crippen molar-refractivity contribution in [2.24, 2.45) is 0 Å². The molecule has 0 rings (SSSR count). The molecule has 0 amide bonds. The van der Waals surface area contributed by atoms with Crippen LogP contribution in [-0.2, 0) is 0 Å². The summed E-state index contributed by atoms with van der Waals surface area (Å²) in [4.78, 5) is 0. The van der Waals surface area contributed by atoms with E-state index in [9.17, 15) is 22.0 Å². The van der Waals surface area contributed by atoms with Crippen LogP contribution in [0.1, 0.15) is 6.92 Å². The van der Waals surface area contributed by atoms with Crippen molar-refractivity contribution in [1.82, 2.24) is 0 Å². The van der Waals surface area contributed by atoms with Crippen LogP contribution in [0.15, 0.2) is 0 Å². The van der Waals surface area contributed by atoms with Gasteiger partial charge in [0.15, 0.2) is 0 Å². The summed E-state index contributed by atoms with van der Waals surface area (Å²) >= 11 is 3.98. The molecule has 62 valence electrons. The number of rotatable bonds is 2. The summed E-state index contributed by atoms with van der Waals surface area (Å²) in [5, 5.41) is -4.50. The molecule has 0 radical (unpaired) electrons. The van der Waals surface area contributed by atoms with Crippen LogP contribution >= 0.6 is 11.6 Å². The molecule has 0 heterocycles. The van der Waals surface area contributed by atoms with Gasteiger partial charge in [-0.2, -0.15) is 8.78 Å². The van der Waals surface area contributed by atoms with Crippen molar-refractivity contribution in [2.45, 2.75) is 24.4 Å². The predicted molar refractivity (Wildman–Crippen MR) is 26.3 cm³/mol. The summed E-state index contributed by atoms with van der Waals surface area (Å²) in [6, 6.07) is 0. The number of hydrogen-bond donors (Lipinski definition) is 0. The zero-order valence-electron chi connectivity index (χ0n) is 4.85. The van der Waals surface area contributed by atoms with E-state index in [1.165, 1.54) is 0 Å². The maximum absolute atomic E-state index is 11.8. The minimum atomic E-state index is -4.50. The summed E-state index contributed by atoms with van der Waals surface area (Å²) in [6.45, 7) is 0.0357. The van der Waals surface area contributed by atoms with Crippen LogP contribution in [0.3, 0.4) is 0 Å². The Kier molecular flexibility index (Phi) is 2.51. The lowest BCUT2D eigenvalue weighted by atomic mass is 10.2. The minimum Gasteiger partial charge on any atom is -0.233 e. The molecule has 0 saturated carbocycles.